The summed E-state index contributed by atoms with van der Waals surface area (Å²) < 4.78 is 6.19. The molecule has 2 N–H and O–H groups in total. The molecule has 0 atom stereocenters. The average molecular weight is 608 g/mol. The predicted octanol–water partition coefficient (Wildman–Crippen LogP) is 7.67. The fourth-order valence-electron chi connectivity index (χ4n) is 7.02. The zero-order valence-electron chi connectivity index (χ0n) is 24.1. The van der Waals surface area contributed by atoms with Gasteiger partial charge in [-0.15, -0.1) is 11.3 Å². The van der Waals surface area contributed by atoms with Crippen LogP contribution in [0.3, 0.4) is 0 Å². The van der Waals surface area contributed by atoms with E-state index < -0.39 is 7.12 Å². The van der Waals surface area contributed by atoms with Crippen molar-refractivity contribution in [1.82, 2.24) is 9.13 Å². The third kappa shape index (κ3) is 3.64. The third-order valence-corrected chi connectivity index (χ3v) is 10.3. The maximum absolute atomic E-state index is 10.7. The van der Waals surface area contributed by atoms with Gasteiger partial charge in [0.15, 0.2) is 0 Å². The molecule has 8 heteroatoms. The van der Waals surface area contributed by atoms with E-state index in [0.717, 1.165) is 75.2 Å². The van der Waals surface area contributed by atoms with Gasteiger partial charge in [0.2, 0.25) is 0 Å². The minimum Gasteiger partial charge on any atom is -0.423 e. The number of hydrogen-bond acceptors (Lipinski definition) is 5. The van der Waals surface area contributed by atoms with Crippen LogP contribution in [0, 0.1) is 22.7 Å². The Morgan fingerprint density at radius 1 is 0.522 bits per heavy atom. The van der Waals surface area contributed by atoms with Crippen molar-refractivity contribution in [2.75, 3.05) is 0 Å². The van der Waals surface area contributed by atoms with Crippen LogP contribution in [0.5, 0.6) is 0 Å². The standard InChI is InChI=1S/C38H21BN4O2S/c40-20-22-12-14-34-28(16-22)25-6-1-3-9-32(25)42(34)24-18-30-27-8-5-11-36(38(27)46-37(30)31(19-24)39(44)45)43-33-10-4-2-7-26(33)29-17-23(21-41)13-15-35(29)43/h1-19,44-45H. The molecule has 0 fully saturated rings. The first kappa shape index (κ1) is 26.5. The van der Waals surface area contributed by atoms with Gasteiger partial charge in [-0.05, 0) is 66.7 Å². The Bertz CT molecular complexity index is 2830. The lowest BCUT2D eigenvalue weighted by atomic mass is 9.79. The van der Waals surface area contributed by atoms with E-state index in [1.807, 2.05) is 84.9 Å². The van der Waals surface area contributed by atoms with Crippen LogP contribution in [0.25, 0.3) is 75.2 Å². The summed E-state index contributed by atoms with van der Waals surface area (Å²) in [4.78, 5) is 0. The number of benzene rings is 6. The van der Waals surface area contributed by atoms with Crippen molar-refractivity contribution in [1.29, 1.82) is 10.5 Å². The number of nitrogens with zero attached hydrogens (tertiary/aromatic N) is 4. The van der Waals surface area contributed by atoms with Gasteiger partial charge in [0.05, 0.1) is 55.7 Å². The van der Waals surface area contributed by atoms with Crippen molar-refractivity contribution < 1.29 is 10.0 Å². The van der Waals surface area contributed by atoms with Gasteiger partial charge in [-0.2, -0.15) is 10.5 Å². The first-order valence-electron chi connectivity index (χ1n) is 14.8. The van der Waals surface area contributed by atoms with Crippen molar-refractivity contribution in [3.63, 3.8) is 0 Å². The van der Waals surface area contributed by atoms with Crippen LogP contribution in [0.4, 0.5) is 0 Å². The maximum Gasteiger partial charge on any atom is 0.489 e. The minimum absolute atomic E-state index is 0.431. The molecule has 3 heterocycles. The van der Waals surface area contributed by atoms with Crippen LogP contribution in [-0.2, 0) is 0 Å². The van der Waals surface area contributed by atoms with Crippen LogP contribution in [0.1, 0.15) is 11.1 Å². The normalized spacial score (nSPS) is 11.7. The summed E-state index contributed by atoms with van der Waals surface area (Å²) in [5.41, 5.74) is 7.33. The predicted molar refractivity (Wildman–Crippen MR) is 187 cm³/mol. The van der Waals surface area contributed by atoms with E-state index in [1.165, 1.54) is 0 Å². The van der Waals surface area contributed by atoms with Crippen molar-refractivity contribution in [3.8, 4) is 23.5 Å². The maximum atomic E-state index is 10.7. The molecule has 0 radical (unpaired) electrons. The van der Waals surface area contributed by atoms with E-state index in [9.17, 15) is 20.6 Å². The monoisotopic (exact) mass is 608 g/mol. The highest BCUT2D eigenvalue weighted by Crippen LogP contribution is 2.42. The summed E-state index contributed by atoms with van der Waals surface area (Å²) >= 11 is 1.55. The summed E-state index contributed by atoms with van der Waals surface area (Å²) in [6, 6.07) is 42.5. The summed E-state index contributed by atoms with van der Waals surface area (Å²) in [6.07, 6.45) is 0. The van der Waals surface area contributed by atoms with Gasteiger partial charge in [-0.1, -0.05) is 48.5 Å². The SMILES string of the molecule is N#Cc1ccc2c(c1)c1ccccc1n2-c1cc(B(O)O)c2sc3c(-n4c5ccccc5c5cc(C#N)ccc54)cccc3c2c1. The molecule has 0 aliphatic rings. The smallest absolute Gasteiger partial charge is 0.423 e. The second-order valence-corrected chi connectivity index (χ2v) is 12.5. The van der Waals surface area contributed by atoms with E-state index in [1.54, 1.807) is 11.3 Å². The third-order valence-electron chi connectivity index (χ3n) is 8.97. The quantitative estimate of drug-likeness (QED) is 0.201. The highest BCUT2D eigenvalue weighted by Gasteiger charge is 2.24. The zero-order chi connectivity index (χ0) is 31.1. The fourth-order valence-corrected chi connectivity index (χ4v) is 8.33. The van der Waals surface area contributed by atoms with Crippen LogP contribution in [0.2, 0.25) is 0 Å². The molecule has 0 saturated heterocycles. The summed E-state index contributed by atoms with van der Waals surface area (Å²) in [6.45, 7) is 0. The van der Waals surface area contributed by atoms with E-state index >= 15 is 0 Å². The van der Waals surface area contributed by atoms with Gasteiger partial charge in [0, 0.05) is 48.2 Å². The number of rotatable bonds is 3. The highest BCUT2D eigenvalue weighted by molar-refractivity contribution is 7.27. The van der Waals surface area contributed by atoms with E-state index in [4.69, 9.17) is 0 Å². The number of thiophene rings is 1. The molecule has 214 valence electrons. The molecule has 9 rings (SSSR count). The molecule has 3 aromatic heterocycles. The lowest BCUT2D eigenvalue weighted by Gasteiger charge is -2.12. The molecular weight excluding hydrogens is 587 g/mol. The zero-order valence-corrected chi connectivity index (χ0v) is 25.0. The largest absolute Gasteiger partial charge is 0.489 e. The van der Waals surface area contributed by atoms with E-state index in [-0.39, 0.29) is 0 Å². The Morgan fingerprint density at radius 2 is 1.09 bits per heavy atom. The molecule has 0 spiro atoms. The van der Waals surface area contributed by atoms with Gasteiger partial charge in [0.1, 0.15) is 0 Å². The topological polar surface area (TPSA) is 97.9 Å². The van der Waals surface area contributed by atoms with Crippen LogP contribution >= 0.6 is 11.3 Å². The van der Waals surface area contributed by atoms with Gasteiger partial charge < -0.3 is 19.2 Å². The molecule has 0 bridgehead atoms. The Morgan fingerprint density at radius 3 is 1.72 bits per heavy atom. The van der Waals surface area contributed by atoms with Crippen molar-refractivity contribution in [2.45, 2.75) is 0 Å². The highest BCUT2D eigenvalue weighted by atomic mass is 32.1. The molecule has 0 saturated carbocycles. The molecule has 0 unspecified atom stereocenters. The number of para-hydroxylation sites is 2. The van der Waals surface area contributed by atoms with Gasteiger partial charge in [-0.3, -0.25) is 0 Å². The molecule has 6 nitrogen and oxygen atoms in total. The molecule has 0 aliphatic heterocycles. The Kier molecular flexibility index (Phi) is 5.65. The van der Waals surface area contributed by atoms with Crippen LogP contribution in [0.15, 0.2) is 115 Å². The number of nitriles is 2. The van der Waals surface area contributed by atoms with Gasteiger partial charge in [-0.25, -0.2) is 0 Å². The van der Waals surface area contributed by atoms with Crippen molar-refractivity contribution in [2.24, 2.45) is 0 Å². The second kappa shape index (κ2) is 9.80. The molecule has 6 aromatic carbocycles. The number of aromatic nitrogens is 2. The Hall–Kier alpha value is -5.90. The van der Waals surface area contributed by atoms with Crippen molar-refractivity contribution in [3.05, 3.63) is 126 Å². The van der Waals surface area contributed by atoms with E-state index in [2.05, 4.69) is 51.6 Å². The Balaban J connectivity index is 1.37. The molecule has 46 heavy (non-hydrogen) atoms. The number of hydrogen-bond donors (Lipinski definition) is 2. The van der Waals surface area contributed by atoms with Gasteiger partial charge >= 0.3 is 7.12 Å². The molecule has 0 amide bonds. The van der Waals surface area contributed by atoms with Crippen molar-refractivity contribution >= 4 is 87.7 Å². The van der Waals surface area contributed by atoms with E-state index in [0.29, 0.717) is 16.6 Å². The lowest BCUT2D eigenvalue weighted by Crippen LogP contribution is -2.30. The molecular formula is C38H21BN4O2S. The Labute approximate surface area is 266 Å². The lowest BCUT2D eigenvalue weighted by molar-refractivity contribution is 0.426. The fraction of sp³-hybridized carbons (Fsp3) is 0. The molecule has 0 aliphatic carbocycles. The first-order chi connectivity index (χ1) is 22.6. The average Bonchev–Trinajstić information content (AvgIpc) is 3.75. The van der Waals surface area contributed by atoms with Crippen LogP contribution in [-0.4, -0.2) is 26.3 Å². The minimum atomic E-state index is -1.69. The summed E-state index contributed by atoms with van der Waals surface area (Å²) in [7, 11) is -1.69. The summed E-state index contributed by atoms with van der Waals surface area (Å²) in [5, 5.41) is 46.6. The molecule has 9 aromatic rings. The second-order valence-electron chi connectivity index (χ2n) is 11.4. The number of fused-ring (bicyclic) bond motifs is 9. The van der Waals surface area contributed by atoms with Crippen LogP contribution < -0.4 is 5.46 Å². The van der Waals surface area contributed by atoms with Gasteiger partial charge in [0.25, 0.3) is 0 Å². The first-order valence-corrected chi connectivity index (χ1v) is 15.6. The summed E-state index contributed by atoms with van der Waals surface area (Å²) in [5.74, 6) is 0.